The highest BCUT2D eigenvalue weighted by atomic mass is 16.5. The van der Waals surface area contributed by atoms with Gasteiger partial charge in [0, 0.05) is 18.2 Å². The Hall–Kier alpha value is -6.15. The van der Waals surface area contributed by atoms with Gasteiger partial charge in [-0.1, -0.05) is 54.6 Å². The van der Waals surface area contributed by atoms with Gasteiger partial charge in [0.05, 0.1) is 12.2 Å². The molecule has 0 aliphatic carbocycles. The highest BCUT2D eigenvalue weighted by molar-refractivity contribution is 6.23. The van der Waals surface area contributed by atoms with Gasteiger partial charge in [0.1, 0.15) is 47.7 Å². The summed E-state index contributed by atoms with van der Waals surface area (Å²) in [5.74, 6) is -0.341. The van der Waals surface area contributed by atoms with E-state index in [0.29, 0.717) is 29.0 Å². The normalized spacial score (nSPS) is 11.3. The van der Waals surface area contributed by atoms with E-state index >= 15 is 0 Å². The molecule has 0 bridgehead atoms. The van der Waals surface area contributed by atoms with Gasteiger partial charge in [-0.3, -0.25) is 0 Å². The maximum Gasteiger partial charge on any atom is 0.338 e. The fraction of sp³-hybridized carbons (Fsp3) is 0.146. The molecule has 7 aromatic carbocycles. The number of phenols is 4. The fourth-order valence-corrected chi connectivity index (χ4v) is 6.35. The Bertz CT molecular complexity index is 2160. The van der Waals surface area contributed by atoms with Crippen LogP contribution in [-0.4, -0.2) is 33.0 Å². The average Bonchev–Trinajstić information content (AvgIpc) is 3.08. The van der Waals surface area contributed by atoms with Crippen LogP contribution in [0, 0.1) is 0 Å². The molecular formula is C41H34O8. The first kappa shape index (κ1) is 31.4. The Labute approximate surface area is 282 Å². The summed E-state index contributed by atoms with van der Waals surface area (Å²) in [7, 11) is 0. The fourth-order valence-electron chi connectivity index (χ4n) is 6.35. The van der Waals surface area contributed by atoms with Crippen molar-refractivity contribution in [1.82, 2.24) is 0 Å². The number of unbranched alkanes of at least 4 members (excludes halogenated alkanes) is 1. The number of hydrogen-bond donors (Lipinski definition) is 4. The van der Waals surface area contributed by atoms with E-state index in [-0.39, 0.29) is 48.4 Å². The van der Waals surface area contributed by atoms with Crippen LogP contribution in [0.2, 0.25) is 0 Å². The molecule has 0 heterocycles. The van der Waals surface area contributed by atoms with Crippen LogP contribution >= 0.6 is 0 Å². The number of phenolic OH excluding ortho intramolecular Hbond substituents is 4. The zero-order valence-corrected chi connectivity index (χ0v) is 26.6. The van der Waals surface area contributed by atoms with Gasteiger partial charge in [-0.2, -0.15) is 0 Å². The monoisotopic (exact) mass is 654 g/mol. The van der Waals surface area contributed by atoms with E-state index < -0.39 is 5.97 Å². The van der Waals surface area contributed by atoms with Gasteiger partial charge in [-0.25, -0.2) is 4.79 Å². The van der Waals surface area contributed by atoms with E-state index in [9.17, 15) is 25.2 Å². The largest absolute Gasteiger partial charge is 0.508 e. The van der Waals surface area contributed by atoms with Crippen molar-refractivity contribution in [3.63, 3.8) is 0 Å². The maximum atomic E-state index is 13.2. The second kappa shape index (κ2) is 13.5. The molecule has 0 atom stereocenters. The van der Waals surface area contributed by atoms with Crippen molar-refractivity contribution >= 4 is 38.3 Å². The minimum absolute atomic E-state index is 0.00336. The van der Waals surface area contributed by atoms with Gasteiger partial charge in [0.15, 0.2) is 0 Å². The molecule has 0 spiro atoms. The third-order valence-electron chi connectivity index (χ3n) is 8.54. The highest BCUT2D eigenvalue weighted by Crippen LogP contribution is 2.36. The standard InChI is InChI=1S/C41H34O8/c42-32-14-25(15-33(43)20-32)23-48-36-18-31(19-37(22-36)49-24-26-16-34(44)21-35(45)17-26)41(46)47-13-2-1-4-27-7-8-30-10-9-28-5-3-6-29-11-12-38(27)40(30)39(28)29/h3,5-12,14-22,42-45H,1-2,4,13,23-24H2. The van der Waals surface area contributed by atoms with Crippen molar-refractivity contribution in [2.75, 3.05) is 6.61 Å². The summed E-state index contributed by atoms with van der Waals surface area (Å²) in [5, 5.41) is 46.9. The van der Waals surface area contributed by atoms with Crippen LogP contribution in [0.5, 0.6) is 34.5 Å². The maximum absolute atomic E-state index is 13.2. The molecule has 8 heteroatoms. The number of esters is 1. The summed E-state index contributed by atoms with van der Waals surface area (Å²) in [6.07, 6.45) is 2.36. The van der Waals surface area contributed by atoms with Crippen LogP contribution in [0.15, 0.2) is 109 Å². The third-order valence-corrected chi connectivity index (χ3v) is 8.54. The molecule has 0 saturated carbocycles. The zero-order valence-electron chi connectivity index (χ0n) is 26.6. The topological polar surface area (TPSA) is 126 Å². The lowest BCUT2D eigenvalue weighted by Crippen LogP contribution is -2.08. The first-order chi connectivity index (χ1) is 23.8. The third kappa shape index (κ3) is 7.09. The molecule has 0 fully saturated rings. The molecule has 7 rings (SSSR count). The van der Waals surface area contributed by atoms with Crippen LogP contribution in [0.25, 0.3) is 32.3 Å². The van der Waals surface area contributed by atoms with Gasteiger partial charge < -0.3 is 34.6 Å². The van der Waals surface area contributed by atoms with Gasteiger partial charge in [-0.05, 0) is 105 Å². The molecule has 0 amide bonds. The molecule has 0 aliphatic rings. The molecule has 246 valence electrons. The Morgan fingerprint density at radius 2 is 1.08 bits per heavy atom. The molecule has 49 heavy (non-hydrogen) atoms. The van der Waals surface area contributed by atoms with E-state index in [1.165, 1.54) is 74.3 Å². The predicted molar refractivity (Wildman–Crippen MR) is 188 cm³/mol. The molecule has 7 aromatic rings. The molecule has 4 N–H and O–H groups in total. The van der Waals surface area contributed by atoms with Crippen molar-refractivity contribution in [3.05, 3.63) is 131 Å². The average molecular weight is 655 g/mol. The summed E-state index contributed by atoms with van der Waals surface area (Å²) >= 11 is 0. The van der Waals surface area contributed by atoms with Gasteiger partial charge >= 0.3 is 5.97 Å². The summed E-state index contributed by atoms with van der Waals surface area (Å²) in [6, 6.07) is 32.5. The summed E-state index contributed by atoms with van der Waals surface area (Å²) in [4.78, 5) is 13.2. The molecule has 8 nitrogen and oxygen atoms in total. The molecule has 0 radical (unpaired) electrons. The Kier molecular flexibility index (Phi) is 8.68. The minimum Gasteiger partial charge on any atom is -0.508 e. The van der Waals surface area contributed by atoms with Gasteiger partial charge in [0.25, 0.3) is 0 Å². The molecule has 0 saturated heterocycles. The van der Waals surface area contributed by atoms with Crippen LogP contribution < -0.4 is 9.47 Å². The second-order valence-corrected chi connectivity index (χ2v) is 12.2. The number of aryl methyl sites for hydroxylation is 1. The lowest BCUT2D eigenvalue weighted by molar-refractivity contribution is 0.0497. The summed E-state index contributed by atoms with van der Waals surface area (Å²) in [6.45, 7) is 0.240. The Morgan fingerprint density at radius 3 is 1.67 bits per heavy atom. The van der Waals surface area contributed by atoms with Crippen LogP contribution in [0.4, 0.5) is 0 Å². The smallest absolute Gasteiger partial charge is 0.338 e. The molecular weight excluding hydrogens is 620 g/mol. The van der Waals surface area contributed by atoms with E-state index in [1.54, 1.807) is 18.2 Å². The van der Waals surface area contributed by atoms with Crippen LogP contribution in [0.3, 0.4) is 0 Å². The van der Waals surface area contributed by atoms with E-state index in [0.717, 1.165) is 12.8 Å². The predicted octanol–water partition coefficient (Wildman–Crippen LogP) is 8.74. The number of ether oxygens (including phenoxy) is 3. The minimum atomic E-state index is -0.539. The van der Waals surface area contributed by atoms with Gasteiger partial charge in [-0.15, -0.1) is 0 Å². The van der Waals surface area contributed by atoms with Crippen molar-refractivity contribution in [2.24, 2.45) is 0 Å². The number of carbonyl (C=O) groups is 1. The Morgan fingerprint density at radius 1 is 0.551 bits per heavy atom. The summed E-state index contributed by atoms with van der Waals surface area (Å²) in [5.41, 5.74) is 2.53. The molecule has 0 aromatic heterocycles. The van der Waals surface area contributed by atoms with E-state index in [4.69, 9.17) is 14.2 Å². The molecule has 0 unspecified atom stereocenters. The van der Waals surface area contributed by atoms with Crippen molar-refractivity contribution in [2.45, 2.75) is 32.5 Å². The lowest BCUT2D eigenvalue weighted by atomic mass is 9.91. The second-order valence-electron chi connectivity index (χ2n) is 12.2. The van der Waals surface area contributed by atoms with Crippen LogP contribution in [0.1, 0.15) is 39.9 Å². The van der Waals surface area contributed by atoms with Gasteiger partial charge in [0.2, 0.25) is 0 Å². The number of aromatic hydroxyl groups is 4. The number of benzene rings is 7. The zero-order chi connectivity index (χ0) is 33.9. The lowest BCUT2D eigenvalue weighted by Gasteiger charge is -2.14. The van der Waals surface area contributed by atoms with Crippen molar-refractivity contribution in [3.8, 4) is 34.5 Å². The van der Waals surface area contributed by atoms with Crippen molar-refractivity contribution < 1.29 is 39.4 Å². The number of rotatable bonds is 12. The SMILES string of the molecule is O=C(OCCCCc1ccc2ccc3cccc4ccc1c2c34)c1cc(OCc2cc(O)cc(O)c2)cc(OCc2cc(O)cc(O)c2)c1. The van der Waals surface area contributed by atoms with Crippen molar-refractivity contribution in [1.29, 1.82) is 0 Å². The number of carbonyl (C=O) groups excluding carboxylic acids is 1. The number of hydrogen-bond acceptors (Lipinski definition) is 8. The summed E-state index contributed by atoms with van der Waals surface area (Å²) < 4.78 is 17.5. The highest BCUT2D eigenvalue weighted by Gasteiger charge is 2.14. The van der Waals surface area contributed by atoms with E-state index in [1.807, 2.05) is 0 Å². The Balaban J connectivity index is 1.02. The molecule has 0 aliphatic heterocycles. The first-order valence-corrected chi connectivity index (χ1v) is 16.1. The van der Waals surface area contributed by atoms with E-state index in [2.05, 4.69) is 54.6 Å². The van der Waals surface area contributed by atoms with Crippen LogP contribution in [-0.2, 0) is 24.4 Å². The first-order valence-electron chi connectivity index (χ1n) is 16.1. The quantitative estimate of drug-likeness (QED) is 0.0586.